The molecule has 0 spiro atoms. The second-order valence-corrected chi connectivity index (χ2v) is 10.4. The Labute approximate surface area is 213 Å². The molecular weight excluding hydrogens is 446 g/mol. The van der Waals surface area contributed by atoms with Gasteiger partial charge in [0.2, 0.25) is 5.91 Å². The number of amides is 2. The van der Waals surface area contributed by atoms with Crippen molar-refractivity contribution in [3.05, 3.63) is 95.1 Å². The van der Waals surface area contributed by atoms with Crippen LogP contribution >= 0.6 is 0 Å². The molecule has 2 unspecified atom stereocenters. The molecule has 1 saturated heterocycles. The van der Waals surface area contributed by atoms with Gasteiger partial charge in [0, 0.05) is 43.5 Å². The van der Waals surface area contributed by atoms with E-state index < -0.39 is 0 Å². The number of fused-ring (bicyclic) bond motifs is 1. The van der Waals surface area contributed by atoms with E-state index in [0.717, 1.165) is 57.5 Å². The molecule has 1 saturated carbocycles. The molecule has 36 heavy (non-hydrogen) atoms. The lowest BCUT2D eigenvalue weighted by molar-refractivity contribution is -0.117. The lowest BCUT2D eigenvalue weighted by Gasteiger charge is -2.34. The van der Waals surface area contributed by atoms with Crippen LogP contribution in [0.15, 0.2) is 72.8 Å². The van der Waals surface area contributed by atoms with Gasteiger partial charge in [-0.15, -0.1) is 0 Å². The molecule has 1 aliphatic carbocycles. The second kappa shape index (κ2) is 9.81. The van der Waals surface area contributed by atoms with Crippen LogP contribution in [0, 0.1) is 5.92 Å². The van der Waals surface area contributed by atoms with Crippen LogP contribution in [0.1, 0.15) is 58.6 Å². The summed E-state index contributed by atoms with van der Waals surface area (Å²) in [6.45, 7) is 3.28. The average Bonchev–Trinajstić information content (AvgIpc) is 3.75. The third-order valence-electron chi connectivity index (χ3n) is 7.96. The quantitative estimate of drug-likeness (QED) is 0.517. The van der Waals surface area contributed by atoms with Crippen LogP contribution in [0.5, 0.6) is 0 Å². The predicted molar refractivity (Wildman–Crippen MR) is 143 cm³/mol. The number of carbonyl (C=O) groups is 2. The van der Waals surface area contributed by atoms with Crippen LogP contribution in [-0.2, 0) is 17.8 Å². The molecule has 0 aromatic heterocycles. The van der Waals surface area contributed by atoms with E-state index in [9.17, 15) is 9.59 Å². The molecule has 6 rings (SSSR count). The first-order valence-corrected chi connectivity index (χ1v) is 13.3. The lowest BCUT2D eigenvalue weighted by Crippen LogP contribution is -2.38. The van der Waals surface area contributed by atoms with E-state index in [1.54, 1.807) is 0 Å². The molecule has 184 valence electrons. The molecule has 0 radical (unpaired) electrons. The zero-order chi connectivity index (χ0) is 24.5. The highest BCUT2D eigenvalue weighted by Crippen LogP contribution is 2.48. The first-order chi connectivity index (χ1) is 17.7. The maximum atomic E-state index is 13.7. The summed E-state index contributed by atoms with van der Waals surface area (Å²) in [5, 5.41) is 3.12. The number of benzene rings is 3. The highest BCUT2D eigenvalue weighted by molar-refractivity contribution is 6.02. The predicted octanol–water partition coefficient (Wildman–Crippen LogP) is 5.62. The van der Waals surface area contributed by atoms with Gasteiger partial charge in [-0.05, 0) is 72.9 Å². The van der Waals surface area contributed by atoms with E-state index in [2.05, 4.69) is 46.6 Å². The number of nitrogens with one attached hydrogen (secondary N) is 1. The Kier molecular flexibility index (Phi) is 6.22. The Morgan fingerprint density at radius 3 is 2.36 bits per heavy atom. The number of piperidine rings is 1. The van der Waals surface area contributed by atoms with Crippen molar-refractivity contribution in [2.45, 2.75) is 44.6 Å². The van der Waals surface area contributed by atoms with E-state index in [-0.39, 0.29) is 23.7 Å². The Morgan fingerprint density at radius 1 is 0.806 bits per heavy atom. The maximum Gasteiger partial charge on any atom is 0.256 e. The van der Waals surface area contributed by atoms with Gasteiger partial charge < -0.3 is 15.1 Å². The molecule has 5 heteroatoms. The monoisotopic (exact) mass is 479 g/mol. The van der Waals surface area contributed by atoms with Crippen molar-refractivity contribution >= 4 is 23.2 Å². The highest BCUT2D eigenvalue weighted by atomic mass is 16.2. The van der Waals surface area contributed by atoms with Gasteiger partial charge in [0.05, 0.1) is 5.56 Å². The van der Waals surface area contributed by atoms with E-state index in [4.69, 9.17) is 0 Å². The highest BCUT2D eigenvalue weighted by Gasteiger charge is 2.43. The molecule has 3 aliphatic rings. The maximum absolute atomic E-state index is 13.7. The first kappa shape index (κ1) is 22.8. The van der Waals surface area contributed by atoms with Crippen molar-refractivity contribution in [3.8, 4) is 0 Å². The second-order valence-electron chi connectivity index (χ2n) is 10.4. The van der Waals surface area contributed by atoms with Crippen LogP contribution in [0.2, 0.25) is 0 Å². The summed E-state index contributed by atoms with van der Waals surface area (Å²) in [6.07, 6.45) is 5.13. The number of rotatable bonds is 5. The summed E-state index contributed by atoms with van der Waals surface area (Å²) < 4.78 is 0. The Bertz CT molecular complexity index is 1270. The van der Waals surface area contributed by atoms with Gasteiger partial charge in [0.1, 0.15) is 0 Å². The topological polar surface area (TPSA) is 52.7 Å². The fourth-order valence-corrected chi connectivity index (χ4v) is 5.82. The molecule has 2 atom stereocenters. The number of anilines is 2. The Hall–Kier alpha value is -3.60. The summed E-state index contributed by atoms with van der Waals surface area (Å²) >= 11 is 0. The normalized spacial score (nSPS) is 21.0. The van der Waals surface area contributed by atoms with E-state index in [1.807, 2.05) is 41.3 Å². The van der Waals surface area contributed by atoms with Crippen molar-refractivity contribution < 1.29 is 9.59 Å². The number of hydrogen-bond acceptors (Lipinski definition) is 3. The molecule has 3 aromatic rings. The van der Waals surface area contributed by atoms with Gasteiger partial charge in [-0.3, -0.25) is 9.59 Å². The van der Waals surface area contributed by atoms with Crippen LogP contribution in [0.4, 0.5) is 11.4 Å². The largest absolute Gasteiger partial charge is 0.366 e. The van der Waals surface area contributed by atoms with Gasteiger partial charge in [-0.25, -0.2) is 0 Å². The van der Waals surface area contributed by atoms with Crippen molar-refractivity contribution in [2.75, 3.05) is 29.9 Å². The van der Waals surface area contributed by atoms with Gasteiger partial charge in [-0.1, -0.05) is 54.6 Å². The number of carbonyl (C=O) groups excluding carboxylic acids is 2. The molecule has 2 aliphatic heterocycles. The van der Waals surface area contributed by atoms with Crippen LogP contribution in [0.25, 0.3) is 0 Å². The molecule has 1 N–H and O–H groups in total. The Morgan fingerprint density at radius 2 is 1.56 bits per heavy atom. The van der Waals surface area contributed by atoms with Crippen LogP contribution in [-0.4, -0.2) is 36.3 Å². The third kappa shape index (κ3) is 4.62. The molecule has 2 fully saturated rings. The average molecular weight is 480 g/mol. The standard InChI is InChI=1S/C31H33N3O2/c35-30(27-20-26(27)23-10-3-1-4-11-23)32-25-13-14-29(28(19-25)31(36)33-16-7-2-8-17-33)34-18-15-22-9-5-6-12-24(22)21-34/h1,3-6,9-14,19,26-27H,2,7-8,15-18,20-21H2,(H,32,35). The molecule has 5 nitrogen and oxygen atoms in total. The molecule has 0 bridgehead atoms. The summed E-state index contributed by atoms with van der Waals surface area (Å²) in [7, 11) is 0. The van der Waals surface area contributed by atoms with Gasteiger partial charge in [0.15, 0.2) is 0 Å². The first-order valence-electron chi connectivity index (χ1n) is 13.3. The van der Waals surface area contributed by atoms with E-state index in [1.165, 1.54) is 23.1 Å². The Balaban J connectivity index is 1.25. The SMILES string of the molecule is O=C(Nc1ccc(N2CCc3ccccc3C2)c(C(=O)N2CCCCC2)c1)C1CC1c1ccccc1. The lowest BCUT2D eigenvalue weighted by atomic mass is 9.98. The summed E-state index contributed by atoms with van der Waals surface area (Å²) in [5.41, 5.74) is 6.30. The summed E-state index contributed by atoms with van der Waals surface area (Å²) in [4.78, 5) is 31.1. The third-order valence-corrected chi connectivity index (χ3v) is 7.96. The van der Waals surface area contributed by atoms with Crippen LogP contribution < -0.4 is 10.2 Å². The summed E-state index contributed by atoms with van der Waals surface area (Å²) in [6, 6.07) is 24.7. The van der Waals surface area contributed by atoms with Gasteiger partial charge in [0.25, 0.3) is 5.91 Å². The van der Waals surface area contributed by atoms with E-state index >= 15 is 0 Å². The fourth-order valence-electron chi connectivity index (χ4n) is 5.82. The zero-order valence-electron chi connectivity index (χ0n) is 20.7. The molecule has 3 aromatic carbocycles. The summed E-state index contributed by atoms with van der Waals surface area (Å²) in [5.74, 6) is 0.397. The van der Waals surface area contributed by atoms with Gasteiger partial charge in [-0.2, -0.15) is 0 Å². The van der Waals surface area contributed by atoms with Gasteiger partial charge >= 0.3 is 0 Å². The van der Waals surface area contributed by atoms with E-state index in [0.29, 0.717) is 11.3 Å². The van der Waals surface area contributed by atoms with Crippen molar-refractivity contribution in [1.29, 1.82) is 0 Å². The smallest absolute Gasteiger partial charge is 0.256 e. The minimum Gasteiger partial charge on any atom is -0.366 e. The molecular formula is C31H33N3O2. The number of likely N-dealkylation sites (tertiary alicyclic amines) is 1. The van der Waals surface area contributed by atoms with Crippen molar-refractivity contribution in [1.82, 2.24) is 4.90 Å². The molecule has 2 heterocycles. The van der Waals surface area contributed by atoms with Crippen molar-refractivity contribution in [3.63, 3.8) is 0 Å². The fraction of sp³-hybridized carbons (Fsp3) is 0.355. The number of nitrogens with zero attached hydrogens (tertiary/aromatic N) is 2. The number of hydrogen-bond donors (Lipinski definition) is 1. The minimum absolute atomic E-state index is 0.00748. The van der Waals surface area contributed by atoms with Crippen molar-refractivity contribution in [2.24, 2.45) is 5.92 Å². The zero-order valence-corrected chi connectivity index (χ0v) is 20.7. The molecule has 2 amide bonds. The minimum atomic E-state index is -0.00748. The van der Waals surface area contributed by atoms with Crippen LogP contribution in [0.3, 0.4) is 0 Å².